The maximum atomic E-state index is 11.9. The van der Waals surface area contributed by atoms with Crippen LogP contribution in [-0.4, -0.2) is 51.5 Å². The van der Waals surface area contributed by atoms with Crippen LogP contribution in [0.15, 0.2) is 18.2 Å². The second kappa shape index (κ2) is 6.78. The standard InChI is InChI=1S/C15H20N2O4/c18-15(12-10-19-6-5-16-12)17-4-3-11-1-2-13-14(9-11)21-8-7-20-13/h1-2,9,12,16H,3-8,10H2,(H,17,18). The first-order valence-electron chi connectivity index (χ1n) is 7.30. The molecule has 0 radical (unpaired) electrons. The van der Waals surface area contributed by atoms with Gasteiger partial charge in [0.05, 0.1) is 13.2 Å². The van der Waals surface area contributed by atoms with Gasteiger partial charge in [-0.05, 0) is 24.1 Å². The Morgan fingerprint density at radius 2 is 2.10 bits per heavy atom. The normalized spacial score (nSPS) is 20.9. The van der Waals surface area contributed by atoms with Crippen LogP contribution in [0.5, 0.6) is 11.5 Å². The molecule has 1 amide bonds. The van der Waals surface area contributed by atoms with E-state index in [1.807, 2.05) is 18.2 Å². The van der Waals surface area contributed by atoms with Crippen LogP contribution in [0.3, 0.4) is 0 Å². The fraction of sp³-hybridized carbons (Fsp3) is 0.533. The molecule has 0 aromatic heterocycles. The molecule has 0 aliphatic carbocycles. The van der Waals surface area contributed by atoms with Gasteiger partial charge in [-0.25, -0.2) is 0 Å². The Morgan fingerprint density at radius 1 is 1.24 bits per heavy atom. The average molecular weight is 292 g/mol. The molecule has 2 aliphatic rings. The number of amides is 1. The van der Waals surface area contributed by atoms with Crippen LogP contribution in [0.25, 0.3) is 0 Å². The number of rotatable bonds is 4. The highest BCUT2D eigenvalue weighted by Crippen LogP contribution is 2.30. The van der Waals surface area contributed by atoms with Crippen molar-refractivity contribution in [3.8, 4) is 11.5 Å². The zero-order valence-electron chi connectivity index (χ0n) is 11.9. The van der Waals surface area contributed by atoms with Crippen molar-refractivity contribution in [1.29, 1.82) is 0 Å². The minimum absolute atomic E-state index is 0.00718. The first kappa shape index (κ1) is 14.2. The van der Waals surface area contributed by atoms with E-state index in [-0.39, 0.29) is 11.9 Å². The molecule has 1 atom stereocenters. The number of morpholine rings is 1. The third kappa shape index (κ3) is 3.65. The van der Waals surface area contributed by atoms with E-state index in [1.165, 1.54) is 0 Å². The van der Waals surface area contributed by atoms with Crippen LogP contribution < -0.4 is 20.1 Å². The number of hydrogen-bond donors (Lipinski definition) is 2. The van der Waals surface area contributed by atoms with Crippen molar-refractivity contribution < 1.29 is 19.0 Å². The SMILES string of the molecule is O=C(NCCc1ccc2c(c1)OCCO2)C1COCCN1. The Morgan fingerprint density at radius 3 is 2.90 bits per heavy atom. The van der Waals surface area contributed by atoms with Gasteiger partial charge in [0.15, 0.2) is 11.5 Å². The second-order valence-electron chi connectivity index (χ2n) is 5.10. The van der Waals surface area contributed by atoms with Crippen molar-refractivity contribution in [2.45, 2.75) is 12.5 Å². The third-order valence-electron chi connectivity index (χ3n) is 3.56. The molecule has 114 valence electrons. The summed E-state index contributed by atoms with van der Waals surface area (Å²) in [6, 6.07) is 5.66. The summed E-state index contributed by atoms with van der Waals surface area (Å²) in [5.74, 6) is 1.57. The lowest BCUT2D eigenvalue weighted by Gasteiger charge is -2.23. The van der Waals surface area contributed by atoms with Crippen molar-refractivity contribution in [3.63, 3.8) is 0 Å². The number of carbonyl (C=O) groups is 1. The lowest BCUT2D eigenvalue weighted by molar-refractivity contribution is -0.125. The molecule has 0 saturated carbocycles. The van der Waals surface area contributed by atoms with E-state index in [1.54, 1.807) is 0 Å². The van der Waals surface area contributed by atoms with Gasteiger partial charge in [-0.1, -0.05) is 6.07 Å². The number of carbonyl (C=O) groups excluding carboxylic acids is 1. The summed E-state index contributed by atoms with van der Waals surface area (Å²) in [7, 11) is 0. The molecule has 2 N–H and O–H groups in total. The predicted molar refractivity (Wildman–Crippen MR) is 76.8 cm³/mol. The van der Waals surface area contributed by atoms with E-state index in [4.69, 9.17) is 14.2 Å². The third-order valence-corrected chi connectivity index (χ3v) is 3.56. The molecule has 1 fully saturated rings. The fourth-order valence-electron chi connectivity index (χ4n) is 2.43. The van der Waals surface area contributed by atoms with Gasteiger partial charge >= 0.3 is 0 Å². The summed E-state index contributed by atoms with van der Waals surface area (Å²) in [6.45, 7) is 3.60. The molecule has 1 unspecified atom stereocenters. The van der Waals surface area contributed by atoms with Crippen LogP contribution >= 0.6 is 0 Å². The van der Waals surface area contributed by atoms with E-state index >= 15 is 0 Å². The van der Waals surface area contributed by atoms with E-state index in [9.17, 15) is 4.79 Å². The highest BCUT2D eigenvalue weighted by Gasteiger charge is 2.20. The Labute approximate surface area is 123 Å². The van der Waals surface area contributed by atoms with Crippen molar-refractivity contribution in [3.05, 3.63) is 23.8 Å². The summed E-state index contributed by atoms with van der Waals surface area (Å²) < 4.78 is 16.3. The molecule has 6 nitrogen and oxygen atoms in total. The molecule has 2 heterocycles. The van der Waals surface area contributed by atoms with Gasteiger partial charge in [-0.3, -0.25) is 4.79 Å². The Balaban J connectivity index is 1.47. The van der Waals surface area contributed by atoms with Gasteiger partial charge in [0.1, 0.15) is 19.3 Å². The van der Waals surface area contributed by atoms with Crippen LogP contribution in [0.4, 0.5) is 0 Å². The number of fused-ring (bicyclic) bond motifs is 1. The quantitative estimate of drug-likeness (QED) is 0.824. The lowest BCUT2D eigenvalue weighted by Crippen LogP contribution is -2.51. The number of benzene rings is 1. The highest BCUT2D eigenvalue weighted by atomic mass is 16.6. The maximum absolute atomic E-state index is 11.9. The summed E-state index contributed by atoms with van der Waals surface area (Å²) in [6.07, 6.45) is 0.760. The smallest absolute Gasteiger partial charge is 0.239 e. The predicted octanol–water partition coefficient (Wildman–Crippen LogP) is 0.105. The summed E-state index contributed by atoms with van der Waals surface area (Å²) in [4.78, 5) is 11.9. The monoisotopic (exact) mass is 292 g/mol. The molecule has 1 aromatic rings. The number of hydrogen-bond acceptors (Lipinski definition) is 5. The molecule has 2 aliphatic heterocycles. The van der Waals surface area contributed by atoms with Crippen LogP contribution in [0.1, 0.15) is 5.56 Å². The maximum Gasteiger partial charge on any atom is 0.239 e. The largest absolute Gasteiger partial charge is 0.486 e. The van der Waals surface area contributed by atoms with Crippen molar-refractivity contribution >= 4 is 5.91 Å². The van der Waals surface area contributed by atoms with E-state index < -0.39 is 0 Å². The van der Waals surface area contributed by atoms with Crippen molar-refractivity contribution in [2.75, 3.05) is 39.5 Å². The molecule has 1 saturated heterocycles. The van der Waals surface area contributed by atoms with Crippen molar-refractivity contribution in [1.82, 2.24) is 10.6 Å². The number of nitrogens with one attached hydrogen (secondary N) is 2. The van der Waals surface area contributed by atoms with Gasteiger partial charge in [-0.15, -0.1) is 0 Å². The molecular formula is C15H20N2O4. The summed E-state index contributed by atoms with van der Waals surface area (Å²) in [5, 5.41) is 6.06. The first-order valence-corrected chi connectivity index (χ1v) is 7.30. The lowest BCUT2D eigenvalue weighted by atomic mass is 10.1. The molecule has 0 bridgehead atoms. The van der Waals surface area contributed by atoms with E-state index in [2.05, 4.69) is 10.6 Å². The zero-order chi connectivity index (χ0) is 14.5. The van der Waals surface area contributed by atoms with Crippen molar-refractivity contribution in [2.24, 2.45) is 0 Å². The minimum atomic E-state index is -0.237. The minimum Gasteiger partial charge on any atom is -0.486 e. The van der Waals surface area contributed by atoms with Gasteiger partial charge in [0.25, 0.3) is 0 Å². The van der Waals surface area contributed by atoms with Gasteiger partial charge in [-0.2, -0.15) is 0 Å². The molecule has 6 heteroatoms. The van der Waals surface area contributed by atoms with Crippen LogP contribution in [0.2, 0.25) is 0 Å². The van der Waals surface area contributed by atoms with Gasteiger partial charge in [0, 0.05) is 13.1 Å². The van der Waals surface area contributed by atoms with E-state index in [0.29, 0.717) is 33.0 Å². The second-order valence-corrected chi connectivity index (χ2v) is 5.10. The fourth-order valence-corrected chi connectivity index (χ4v) is 2.43. The van der Waals surface area contributed by atoms with Crippen LogP contribution in [0, 0.1) is 0 Å². The Kier molecular flexibility index (Phi) is 4.57. The Hall–Kier alpha value is -1.79. The van der Waals surface area contributed by atoms with Crippen LogP contribution in [-0.2, 0) is 16.0 Å². The first-order chi connectivity index (χ1) is 10.3. The van der Waals surface area contributed by atoms with Gasteiger partial charge < -0.3 is 24.8 Å². The highest BCUT2D eigenvalue weighted by molar-refractivity contribution is 5.81. The summed E-state index contributed by atoms with van der Waals surface area (Å²) in [5.41, 5.74) is 1.12. The van der Waals surface area contributed by atoms with E-state index in [0.717, 1.165) is 30.0 Å². The Bertz CT molecular complexity index is 500. The zero-order valence-corrected chi connectivity index (χ0v) is 11.9. The van der Waals surface area contributed by atoms with Gasteiger partial charge in [0.2, 0.25) is 5.91 Å². The molecule has 21 heavy (non-hydrogen) atoms. The topological polar surface area (TPSA) is 68.8 Å². The average Bonchev–Trinajstić information content (AvgIpc) is 2.55. The summed E-state index contributed by atoms with van der Waals surface area (Å²) >= 11 is 0. The molecule has 3 rings (SSSR count). The molecule has 1 aromatic carbocycles. The molecule has 0 spiro atoms. The molecular weight excluding hydrogens is 272 g/mol. The number of ether oxygens (including phenoxy) is 3.